The molecule has 3 aromatic rings. The van der Waals surface area contributed by atoms with E-state index in [2.05, 4.69) is 31.7 Å². The zero-order valence-electron chi connectivity index (χ0n) is 15.2. The molecule has 0 aliphatic carbocycles. The van der Waals surface area contributed by atoms with Crippen LogP contribution in [0.2, 0.25) is 0 Å². The highest BCUT2D eigenvalue weighted by Crippen LogP contribution is 2.19. The van der Waals surface area contributed by atoms with Crippen LogP contribution in [0.25, 0.3) is 6.08 Å². The molecular formula is C21H19BrN4O2. The minimum absolute atomic E-state index is 0.123. The van der Waals surface area contributed by atoms with Gasteiger partial charge in [0.1, 0.15) is 5.82 Å². The zero-order valence-corrected chi connectivity index (χ0v) is 16.8. The molecule has 2 N–H and O–H groups in total. The average Bonchev–Trinajstić information content (AvgIpc) is 3.09. The lowest BCUT2D eigenvalue weighted by atomic mass is 10.2. The number of rotatable bonds is 6. The van der Waals surface area contributed by atoms with Crippen LogP contribution >= 0.6 is 15.9 Å². The number of amides is 2. The molecule has 7 heteroatoms. The molecule has 0 atom stereocenters. The molecule has 3 rings (SSSR count). The molecule has 0 aliphatic heterocycles. The Morgan fingerprint density at radius 3 is 2.54 bits per heavy atom. The van der Waals surface area contributed by atoms with E-state index >= 15 is 0 Å². The third-order valence-corrected chi connectivity index (χ3v) is 4.68. The fourth-order valence-corrected chi connectivity index (χ4v) is 2.98. The lowest BCUT2D eigenvalue weighted by molar-refractivity contribution is -0.114. The minimum atomic E-state index is -0.250. The number of aromatic nitrogens is 2. The summed E-state index contributed by atoms with van der Waals surface area (Å²) in [4.78, 5) is 23.3. The number of nitrogens with one attached hydrogen (secondary N) is 2. The lowest BCUT2D eigenvalue weighted by Crippen LogP contribution is -2.14. The lowest BCUT2D eigenvalue weighted by Gasteiger charge is -2.09. The van der Waals surface area contributed by atoms with Crippen LogP contribution in [0.3, 0.4) is 0 Å². The van der Waals surface area contributed by atoms with Crippen molar-refractivity contribution >= 4 is 45.3 Å². The van der Waals surface area contributed by atoms with Gasteiger partial charge in [0.25, 0.3) is 0 Å². The van der Waals surface area contributed by atoms with E-state index < -0.39 is 0 Å². The average molecular weight is 439 g/mol. The van der Waals surface area contributed by atoms with Gasteiger partial charge in [-0.1, -0.05) is 46.3 Å². The fourth-order valence-electron chi connectivity index (χ4n) is 2.57. The van der Waals surface area contributed by atoms with Crippen molar-refractivity contribution in [3.63, 3.8) is 0 Å². The van der Waals surface area contributed by atoms with Gasteiger partial charge in [-0.25, -0.2) is 4.68 Å². The van der Waals surface area contributed by atoms with E-state index in [9.17, 15) is 9.59 Å². The van der Waals surface area contributed by atoms with Crippen molar-refractivity contribution in [2.45, 2.75) is 13.5 Å². The van der Waals surface area contributed by atoms with Gasteiger partial charge in [0.2, 0.25) is 11.8 Å². The molecule has 142 valence electrons. The van der Waals surface area contributed by atoms with Gasteiger partial charge in [-0.05, 0) is 35.4 Å². The van der Waals surface area contributed by atoms with Crippen molar-refractivity contribution < 1.29 is 9.59 Å². The predicted molar refractivity (Wildman–Crippen MR) is 114 cm³/mol. The number of nitrogens with zero attached hydrogens (tertiary/aromatic N) is 2. The van der Waals surface area contributed by atoms with Crippen molar-refractivity contribution in [3.8, 4) is 0 Å². The summed E-state index contributed by atoms with van der Waals surface area (Å²) in [6.45, 7) is 2.00. The first-order valence-corrected chi connectivity index (χ1v) is 9.42. The quantitative estimate of drug-likeness (QED) is 0.563. The van der Waals surface area contributed by atoms with Crippen molar-refractivity contribution in [1.82, 2.24) is 9.78 Å². The van der Waals surface area contributed by atoms with Crippen LogP contribution in [0.4, 0.5) is 11.5 Å². The summed E-state index contributed by atoms with van der Waals surface area (Å²) in [5.74, 6) is 0.244. The Balaban J connectivity index is 1.62. The molecule has 0 unspecified atom stereocenters. The number of halogens is 1. The molecule has 0 aliphatic rings. The van der Waals surface area contributed by atoms with Crippen LogP contribution in [-0.4, -0.2) is 21.6 Å². The topological polar surface area (TPSA) is 76.0 Å². The number of hydrogen-bond acceptors (Lipinski definition) is 3. The molecule has 2 amide bonds. The summed E-state index contributed by atoms with van der Waals surface area (Å²) in [6.07, 6.45) is 4.82. The molecule has 0 saturated heterocycles. The van der Waals surface area contributed by atoms with Crippen LogP contribution in [0.15, 0.2) is 71.3 Å². The maximum Gasteiger partial charge on any atom is 0.249 e. The van der Waals surface area contributed by atoms with Crippen molar-refractivity contribution in [2.24, 2.45) is 0 Å². The van der Waals surface area contributed by atoms with Crippen LogP contribution in [-0.2, 0) is 16.1 Å². The van der Waals surface area contributed by atoms with E-state index in [1.807, 2.05) is 36.4 Å². The summed E-state index contributed by atoms with van der Waals surface area (Å²) >= 11 is 3.52. The standard InChI is InChI=1S/C21H19BrN4O2/c1-15(27)24-18-9-6-16(7-10-18)8-11-21(28)25-20-12-13-23-26(20)14-17-4-2-3-5-19(17)22/h2-13H,14H2,1H3,(H,24,27)(H,25,28)/b11-8+. The largest absolute Gasteiger partial charge is 0.326 e. The molecule has 0 spiro atoms. The van der Waals surface area contributed by atoms with Crippen LogP contribution < -0.4 is 10.6 Å². The van der Waals surface area contributed by atoms with Gasteiger partial charge in [0.15, 0.2) is 0 Å². The first kappa shape index (κ1) is 19.6. The van der Waals surface area contributed by atoms with Gasteiger partial charge in [-0.15, -0.1) is 0 Å². The minimum Gasteiger partial charge on any atom is -0.326 e. The first-order valence-electron chi connectivity index (χ1n) is 8.63. The summed E-state index contributed by atoms with van der Waals surface area (Å²) in [5, 5.41) is 9.82. The van der Waals surface area contributed by atoms with E-state index in [1.54, 1.807) is 35.2 Å². The second-order valence-electron chi connectivity index (χ2n) is 6.09. The van der Waals surface area contributed by atoms with E-state index in [-0.39, 0.29) is 11.8 Å². The Labute approximate surface area is 171 Å². The van der Waals surface area contributed by atoms with Crippen molar-refractivity contribution in [1.29, 1.82) is 0 Å². The first-order chi connectivity index (χ1) is 13.5. The summed E-state index contributed by atoms with van der Waals surface area (Å²) in [6, 6.07) is 16.9. The predicted octanol–water partition coefficient (Wildman–Crippen LogP) is 4.30. The van der Waals surface area contributed by atoms with Gasteiger partial charge in [0.05, 0.1) is 12.7 Å². The van der Waals surface area contributed by atoms with Crippen molar-refractivity contribution in [3.05, 3.63) is 82.5 Å². The monoisotopic (exact) mass is 438 g/mol. The van der Waals surface area contributed by atoms with Gasteiger partial charge in [-0.2, -0.15) is 5.10 Å². The molecule has 2 aromatic carbocycles. The maximum absolute atomic E-state index is 12.3. The second-order valence-corrected chi connectivity index (χ2v) is 6.95. The highest BCUT2D eigenvalue weighted by molar-refractivity contribution is 9.10. The Hall–Kier alpha value is -3.19. The van der Waals surface area contributed by atoms with Crippen molar-refractivity contribution in [2.75, 3.05) is 10.6 Å². The number of carbonyl (C=O) groups excluding carboxylic acids is 2. The third-order valence-electron chi connectivity index (χ3n) is 3.90. The van der Waals surface area contributed by atoms with E-state index in [0.29, 0.717) is 18.1 Å². The SMILES string of the molecule is CC(=O)Nc1ccc(/C=C/C(=O)Nc2ccnn2Cc2ccccc2Br)cc1. The zero-order chi connectivity index (χ0) is 19.9. The highest BCUT2D eigenvalue weighted by Gasteiger charge is 2.07. The smallest absolute Gasteiger partial charge is 0.249 e. The normalized spacial score (nSPS) is 10.8. The molecule has 1 aromatic heterocycles. The summed E-state index contributed by atoms with van der Waals surface area (Å²) in [5.41, 5.74) is 2.63. The third kappa shape index (κ3) is 5.40. The number of hydrogen-bond donors (Lipinski definition) is 2. The molecule has 6 nitrogen and oxygen atoms in total. The van der Waals surface area contributed by atoms with E-state index in [0.717, 1.165) is 15.6 Å². The Morgan fingerprint density at radius 1 is 1.07 bits per heavy atom. The highest BCUT2D eigenvalue weighted by atomic mass is 79.9. The molecule has 0 radical (unpaired) electrons. The second kappa shape index (κ2) is 9.14. The van der Waals surface area contributed by atoms with E-state index in [4.69, 9.17) is 0 Å². The van der Waals surface area contributed by atoms with Gasteiger partial charge >= 0.3 is 0 Å². The van der Waals surface area contributed by atoms with Gasteiger partial charge < -0.3 is 10.6 Å². The summed E-state index contributed by atoms with van der Waals surface area (Å²) < 4.78 is 2.72. The van der Waals surface area contributed by atoms with Crippen LogP contribution in [0.5, 0.6) is 0 Å². The molecule has 28 heavy (non-hydrogen) atoms. The molecule has 0 fully saturated rings. The molecule has 0 bridgehead atoms. The Morgan fingerprint density at radius 2 is 1.82 bits per heavy atom. The van der Waals surface area contributed by atoms with E-state index in [1.165, 1.54) is 13.0 Å². The molecule has 0 saturated carbocycles. The Bertz CT molecular complexity index is 1010. The fraction of sp³-hybridized carbons (Fsp3) is 0.0952. The molecular weight excluding hydrogens is 420 g/mol. The maximum atomic E-state index is 12.3. The molecule has 1 heterocycles. The number of benzene rings is 2. The van der Waals surface area contributed by atoms with Crippen LogP contribution in [0, 0.1) is 0 Å². The van der Waals surface area contributed by atoms with Gasteiger partial charge in [-0.3, -0.25) is 9.59 Å². The summed E-state index contributed by atoms with van der Waals surface area (Å²) in [7, 11) is 0. The number of anilines is 2. The van der Waals surface area contributed by atoms with Crippen LogP contribution in [0.1, 0.15) is 18.1 Å². The number of carbonyl (C=O) groups is 2. The Kier molecular flexibility index (Phi) is 6.39. The van der Waals surface area contributed by atoms with Gasteiger partial charge in [0, 0.05) is 29.2 Å².